The number of hydrogen-bond acceptors (Lipinski definition) is 5. The molecular weight excluding hydrogens is 318 g/mol. The van der Waals surface area contributed by atoms with Crippen LogP contribution in [0.2, 0.25) is 0 Å². The smallest absolute Gasteiger partial charge is 0.240 e. The monoisotopic (exact) mass is 333 g/mol. The third kappa shape index (κ3) is 2.73. The molecule has 23 heavy (non-hydrogen) atoms. The molecule has 2 aliphatic heterocycles. The fourth-order valence-electron chi connectivity index (χ4n) is 2.64. The zero-order valence-corrected chi connectivity index (χ0v) is 13.1. The molecule has 6 nitrogen and oxygen atoms in total. The molecule has 0 fully saturated rings. The lowest BCUT2D eigenvalue weighted by Crippen LogP contribution is -2.23. The second-order valence-electron chi connectivity index (χ2n) is 5.38. The van der Waals surface area contributed by atoms with E-state index in [0.717, 1.165) is 23.3 Å². The van der Waals surface area contributed by atoms with Crippen molar-refractivity contribution in [2.45, 2.75) is 17.9 Å². The minimum atomic E-state index is -3.57. The molecule has 0 bridgehead atoms. The van der Waals surface area contributed by atoms with E-state index in [-0.39, 0.29) is 18.2 Å². The van der Waals surface area contributed by atoms with Crippen LogP contribution in [-0.2, 0) is 23.0 Å². The first-order valence-electron chi connectivity index (χ1n) is 7.26. The summed E-state index contributed by atoms with van der Waals surface area (Å²) in [5.41, 5.74) is 1.73. The first kappa shape index (κ1) is 14.3. The van der Waals surface area contributed by atoms with Gasteiger partial charge in [0.15, 0.2) is 11.5 Å². The highest BCUT2D eigenvalue weighted by molar-refractivity contribution is 7.89. The van der Waals surface area contributed by atoms with E-state index in [1.54, 1.807) is 30.3 Å². The van der Waals surface area contributed by atoms with Gasteiger partial charge in [0.05, 0.1) is 11.5 Å². The van der Waals surface area contributed by atoms with Crippen molar-refractivity contribution in [2.24, 2.45) is 0 Å². The molecule has 0 aliphatic carbocycles. The summed E-state index contributed by atoms with van der Waals surface area (Å²) in [6.45, 7) is 0.984. The second kappa shape index (κ2) is 5.43. The molecule has 0 aromatic heterocycles. The summed E-state index contributed by atoms with van der Waals surface area (Å²) in [6.07, 6.45) is 0.737. The van der Waals surface area contributed by atoms with E-state index in [1.807, 2.05) is 6.07 Å². The van der Waals surface area contributed by atoms with Crippen molar-refractivity contribution in [3.8, 4) is 17.2 Å². The van der Waals surface area contributed by atoms with E-state index in [0.29, 0.717) is 18.1 Å². The van der Waals surface area contributed by atoms with Crippen molar-refractivity contribution in [3.63, 3.8) is 0 Å². The fraction of sp³-hybridized carbons (Fsp3) is 0.250. The number of hydrogen-bond donors (Lipinski definition) is 1. The highest BCUT2D eigenvalue weighted by Crippen LogP contribution is 2.32. The van der Waals surface area contributed by atoms with E-state index < -0.39 is 10.0 Å². The third-order valence-electron chi connectivity index (χ3n) is 3.87. The summed E-state index contributed by atoms with van der Waals surface area (Å²) in [5, 5.41) is 0. The van der Waals surface area contributed by atoms with Crippen molar-refractivity contribution in [1.29, 1.82) is 0 Å². The van der Waals surface area contributed by atoms with E-state index in [9.17, 15) is 8.42 Å². The van der Waals surface area contributed by atoms with Gasteiger partial charge >= 0.3 is 0 Å². The molecule has 2 aliphatic rings. The summed E-state index contributed by atoms with van der Waals surface area (Å²) in [4.78, 5) is 0.252. The number of nitrogens with one attached hydrogen (secondary N) is 1. The molecular formula is C16H15NO5S. The van der Waals surface area contributed by atoms with Crippen LogP contribution < -0.4 is 18.9 Å². The van der Waals surface area contributed by atoms with Gasteiger partial charge in [0.1, 0.15) is 5.75 Å². The molecule has 0 spiro atoms. The number of rotatable bonds is 4. The van der Waals surface area contributed by atoms with Crippen molar-refractivity contribution in [1.82, 2.24) is 4.72 Å². The Morgan fingerprint density at radius 1 is 0.957 bits per heavy atom. The van der Waals surface area contributed by atoms with Gasteiger partial charge in [-0.15, -0.1) is 0 Å². The standard InChI is InChI=1S/C16H15NO5S/c18-23(19,13-2-4-14-12(8-13)5-6-20-14)17-9-11-1-3-15-16(7-11)22-10-21-15/h1-4,7-8,17H,5-6,9-10H2. The van der Waals surface area contributed by atoms with Crippen molar-refractivity contribution < 1.29 is 22.6 Å². The lowest BCUT2D eigenvalue weighted by atomic mass is 10.2. The summed E-state index contributed by atoms with van der Waals surface area (Å²) in [7, 11) is -3.57. The molecule has 0 saturated carbocycles. The van der Waals surface area contributed by atoms with Gasteiger partial charge in [-0.1, -0.05) is 6.07 Å². The number of benzene rings is 2. The zero-order valence-electron chi connectivity index (χ0n) is 12.2. The van der Waals surface area contributed by atoms with Crippen LogP contribution in [0.3, 0.4) is 0 Å². The Bertz CT molecular complexity index is 863. The SMILES string of the molecule is O=S(=O)(NCc1ccc2c(c1)OCO2)c1ccc2c(c1)CCO2. The molecule has 2 aromatic rings. The van der Waals surface area contributed by atoms with Crippen LogP contribution in [0.5, 0.6) is 17.2 Å². The number of sulfonamides is 1. The molecule has 4 rings (SSSR count). The predicted molar refractivity (Wildman–Crippen MR) is 82.2 cm³/mol. The van der Waals surface area contributed by atoms with Crippen LogP contribution in [0, 0.1) is 0 Å². The van der Waals surface area contributed by atoms with Gasteiger partial charge in [0, 0.05) is 13.0 Å². The Hall–Kier alpha value is -2.25. The number of ether oxygens (including phenoxy) is 3. The average molecular weight is 333 g/mol. The van der Waals surface area contributed by atoms with E-state index in [1.165, 1.54) is 0 Å². The largest absolute Gasteiger partial charge is 0.493 e. The first-order chi connectivity index (χ1) is 11.1. The minimum absolute atomic E-state index is 0.187. The van der Waals surface area contributed by atoms with Gasteiger partial charge in [-0.2, -0.15) is 0 Å². The van der Waals surface area contributed by atoms with Crippen molar-refractivity contribution >= 4 is 10.0 Å². The molecule has 0 saturated heterocycles. The summed E-state index contributed by atoms with van der Waals surface area (Å²) in [6, 6.07) is 10.3. The fourth-order valence-corrected chi connectivity index (χ4v) is 3.71. The van der Waals surface area contributed by atoms with Gasteiger partial charge in [-0.3, -0.25) is 0 Å². The molecule has 2 heterocycles. The van der Waals surface area contributed by atoms with Crippen molar-refractivity contribution in [3.05, 3.63) is 47.5 Å². The Kier molecular flexibility index (Phi) is 3.39. The van der Waals surface area contributed by atoms with Crippen LogP contribution in [0.1, 0.15) is 11.1 Å². The van der Waals surface area contributed by atoms with E-state index in [2.05, 4.69) is 4.72 Å². The van der Waals surface area contributed by atoms with Crippen LogP contribution in [0.4, 0.5) is 0 Å². The lowest BCUT2D eigenvalue weighted by Gasteiger charge is -2.08. The molecule has 7 heteroatoms. The highest BCUT2D eigenvalue weighted by Gasteiger charge is 2.20. The van der Waals surface area contributed by atoms with Gasteiger partial charge in [-0.25, -0.2) is 13.1 Å². The van der Waals surface area contributed by atoms with E-state index in [4.69, 9.17) is 14.2 Å². The maximum atomic E-state index is 12.4. The third-order valence-corrected chi connectivity index (χ3v) is 5.27. The van der Waals surface area contributed by atoms with Gasteiger partial charge < -0.3 is 14.2 Å². The Labute approximate surface area is 134 Å². The Morgan fingerprint density at radius 3 is 2.70 bits per heavy atom. The maximum Gasteiger partial charge on any atom is 0.240 e. The van der Waals surface area contributed by atoms with Crippen LogP contribution in [0.15, 0.2) is 41.3 Å². The molecule has 1 N–H and O–H groups in total. The van der Waals surface area contributed by atoms with Gasteiger partial charge in [0.25, 0.3) is 0 Å². The normalized spacial score (nSPS) is 15.3. The van der Waals surface area contributed by atoms with Crippen molar-refractivity contribution in [2.75, 3.05) is 13.4 Å². The van der Waals surface area contributed by atoms with E-state index >= 15 is 0 Å². The van der Waals surface area contributed by atoms with Crippen LogP contribution in [0.25, 0.3) is 0 Å². The van der Waals surface area contributed by atoms with Crippen LogP contribution in [-0.4, -0.2) is 21.8 Å². The molecule has 2 aromatic carbocycles. The Morgan fingerprint density at radius 2 is 1.78 bits per heavy atom. The highest BCUT2D eigenvalue weighted by atomic mass is 32.2. The second-order valence-corrected chi connectivity index (χ2v) is 7.15. The Balaban J connectivity index is 1.51. The predicted octanol–water partition coefficient (Wildman–Crippen LogP) is 1.83. The lowest BCUT2D eigenvalue weighted by molar-refractivity contribution is 0.174. The maximum absolute atomic E-state index is 12.4. The topological polar surface area (TPSA) is 73.9 Å². The summed E-state index contributed by atoms with van der Waals surface area (Å²) in [5.74, 6) is 2.08. The quantitative estimate of drug-likeness (QED) is 0.924. The van der Waals surface area contributed by atoms with Gasteiger partial charge in [0.2, 0.25) is 16.8 Å². The summed E-state index contributed by atoms with van der Waals surface area (Å²) >= 11 is 0. The average Bonchev–Trinajstić information content (AvgIpc) is 3.20. The van der Waals surface area contributed by atoms with Crippen LogP contribution >= 0.6 is 0 Å². The zero-order chi connectivity index (χ0) is 15.9. The first-order valence-corrected chi connectivity index (χ1v) is 8.74. The van der Waals surface area contributed by atoms with Gasteiger partial charge in [-0.05, 0) is 41.5 Å². The molecule has 0 unspecified atom stereocenters. The molecule has 0 atom stereocenters. The number of fused-ring (bicyclic) bond motifs is 2. The molecule has 0 radical (unpaired) electrons. The summed E-state index contributed by atoms with van der Waals surface area (Å²) < 4.78 is 43.4. The minimum Gasteiger partial charge on any atom is -0.493 e. The molecule has 120 valence electrons. The molecule has 0 amide bonds.